The van der Waals surface area contributed by atoms with Crippen LogP contribution in [0.15, 0.2) is 18.3 Å². The fourth-order valence-corrected chi connectivity index (χ4v) is 2.32. The van der Waals surface area contributed by atoms with E-state index in [4.69, 9.17) is 0 Å². The normalized spacial score (nSPS) is 18.0. The molecule has 1 aliphatic rings. The smallest absolute Gasteiger partial charge is 0.243 e. The monoisotopic (exact) mass is 234 g/mol. The Morgan fingerprint density at radius 2 is 2.29 bits per heavy atom. The molecule has 2 aromatic rings. The topological polar surface area (TPSA) is 42.2 Å². The van der Waals surface area contributed by atoms with Gasteiger partial charge in [0.05, 0.1) is 6.20 Å². The number of rotatable bonds is 3. The summed E-state index contributed by atoms with van der Waals surface area (Å²) in [5.41, 5.74) is 0.822. The Morgan fingerprint density at radius 1 is 1.47 bits per heavy atom. The maximum Gasteiger partial charge on any atom is 0.243 e. The molecule has 0 atom stereocenters. The maximum atomic E-state index is 13.0. The molecule has 1 N–H and O–H groups in total. The molecule has 1 fully saturated rings. The van der Waals surface area contributed by atoms with Gasteiger partial charge in [0.15, 0.2) is 5.65 Å². The van der Waals surface area contributed by atoms with E-state index in [9.17, 15) is 4.39 Å². The minimum atomic E-state index is -0.303. The lowest BCUT2D eigenvalue weighted by atomic mass is 9.75. The van der Waals surface area contributed by atoms with Crippen molar-refractivity contribution in [2.75, 3.05) is 5.32 Å². The summed E-state index contributed by atoms with van der Waals surface area (Å²) in [6.45, 7) is 2.17. The third-order valence-corrected chi connectivity index (χ3v) is 3.66. The number of halogens is 1. The van der Waals surface area contributed by atoms with Gasteiger partial charge >= 0.3 is 0 Å². The third kappa shape index (κ3) is 1.75. The highest BCUT2D eigenvalue weighted by atomic mass is 19.1. The summed E-state index contributed by atoms with van der Waals surface area (Å²) < 4.78 is 14.5. The fourth-order valence-electron chi connectivity index (χ4n) is 2.32. The molecule has 0 aliphatic heterocycles. The third-order valence-electron chi connectivity index (χ3n) is 3.66. The molecule has 0 radical (unpaired) electrons. The summed E-state index contributed by atoms with van der Waals surface area (Å²) >= 11 is 0. The molecule has 0 aromatic carbocycles. The number of aromatic nitrogens is 3. The van der Waals surface area contributed by atoms with Crippen LogP contribution in [0.3, 0.4) is 0 Å². The van der Waals surface area contributed by atoms with Crippen LogP contribution in [0.2, 0.25) is 0 Å². The van der Waals surface area contributed by atoms with E-state index < -0.39 is 0 Å². The molecular weight excluding hydrogens is 219 g/mol. The summed E-state index contributed by atoms with van der Waals surface area (Å²) in [4.78, 5) is 4.34. The van der Waals surface area contributed by atoms with Crippen molar-refractivity contribution >= 4 is 11.6 Å². The van der Waals surface area contributed by atoms with E-state index in [1.165, 1.54) is 23.2 Å². The SMILES string of the molecule is CCC1(Nc2nc3ccc(F)cn3n2)CCC1. The molecule has 90 valence electrons. The molecule has 5 heteroatoms. The highest BCUT2D eigenvalue weighted by Gasteiger charge is 2.35. The molecule has 0 spiro atoms. The highest BCUT2D eigenvalue weighted by molar-refractivity contribution is 5.44. The molecule has 4 nitrogen and oxygen atoms in total. The summed E-state index contributed by atoms with van der Waals surface area (Å²) in [6, 6.07) is 3.03. The summed E-state index contributed by atoms with van der Waals surface area (Å²) in [7, 11) is 0. The number of hydrogen-bond donors (Lipinski definition) is 1. The van der Waals surface area contributed by atoms with E-state index in [0.29, 0.717) is 11.6 Å². The van der Waals surface area contributed by atoms with Gasteiger partial charge in [-0.3, -0.25) is 0 Å². The zero-order chi connectivity index (χ0) is 11.9. The average molecular weight is 234 g/mol. The van der Waals surface area contributed by atoms with Crippen LogP contribution in [0, 0.1) is 5.82 Å². The van der Waals surface area contributed by atoms with Crippen molar-refractivity contribution in [1.82, 2.24) is 14.6 Å². The number of nitrogens with zero attached hydrogens (tertiary/aromatic N) is 3. The predicted octanol–water partition coefficient (Wildman–Crippen LogP) is 2.61. The molecule has 3 rings (SSSR count). The summed E-state index contributed by atoms with van der Waals surface area (Å²) in [6.07, 6.45) is 5.98. The Hall–Kier alpha value is -1.65. The summed E-state index contributed by atoms with van der Waals surface area (Å²) in [5.74, 6) is 0.292. The van der Waals surface area contributed by atoms with Crippen molar-refractivity contribution in [3.05, 3.63) is 24.1 Å². The Balaban J connectivity index is 1.90. The second-order valence-electron chi connectivity index (χ2n) is 4.70. The molecule has 0 amide bonds. The zero-order valence-corrected chi connectivity index (χ0v) is 9.78. The largest absolute Gasteiger partial charge is 0.347 e. The average Bonchev–Trinajstić information content (AvgIpc) is 2.65. The van der Waals surface area contributed by atoms with E-state index in [-0.39, 0.29) is 11.4 Å². The van der Waals surface area contributed by atoms with Gasteiger partial charge in [0.2, 0.25) is 5.95 Å². The first-order chi connectivity index (χ1) is 8.21. The van der Waals surface area contributed by atoms with Crippen molar-refractivity contribution < 1.29 is 4.39 Å². The minimum Gasteiger partial charge on any atom is -0.347 e. The van der Waals surface area contributed by atoms with Crippen LogP contribution >= 0.6 is 0 Å². The van der Waals surface area contributed by atoms with Gasteiger partial charge in [0, 0.05) is 5.54 Å². The van der Waals surface area contributed by atoms with Gasteiger partial charge in [-0.15, -0.1) is 5.10 Å². The second kappa shape index (κ2) is 3.68. The lowest BCUT2D eigenvalue weighted by Gasteiger charge is -2.41. The number of fused-ring (bicyclic) bond motifs is 1. The Morgan fingerprint density at radius 3 is 2.94 bits per heavy atom. The van der Waals surface area contributed by atoms with Crippen molar-refractivity contribution in [2.45, 2.75) is 38.1 Å². The van der Waals surface area contributed by atoms with Gasteiger partial charge in [-0.25, -0.2) is 8.91 Å². The standard InChI is InChI=1S/C12H15FN4/c1-2-12(6-3-7-12)15-11-14-10-5-4-9(13)8-17(10)16-11/h4-5,8H,2-3,6-7H2,1H3,(H,15,16). The zero-order valence-electron chi connectivity index (χ0n) is 9.78. The van der Waals surface area contributed by atoms with Crippen molar-refractivity contribution in [3.63, 3.8) is 0 Å². The maximum absolute atomic E-state index is 13.0. The lowest BCUT2D eigenvalue weighted by molar-refractivity contribution is 0.268. The second-order valence-corrected chi connectivity index (χ2v) is 4.70. The van der Waals surface area contributed by atoms with Crippen LogP contribution in [0.1, 0.15) is 32.6 Å². The van der Waals surface area contributed by atoms with Crippen LogP contribution in [-0.2, 0) is 0 Å². The van der Waals surface area contributed by atoms with E-state index in [2.05, 4.69) is 22.3 Å². The van der Waals surface area contributed by atoms with Gasteiger partial charge in [-0.1, -0.05) is 6.92 Å². The van der Waals surface area contributed by atoms with Crippen LogP contribution in [0.4, 0.5) is 10.3 Å². The van der Waals surface area contributed by atoms with E-state index >= 15 is 0 Å². The van der Waals surface area contributed by atoms with Crippen LogP contribution in [-0.4, -0.2) is 20.1 Å². The van der Waals surface area contributed by atoms with Crippen LogP contribution in [0.25, 0.3) is 5.65 Å². The highest BCUT2D eigenvalue weighted by Crippen LogP contribution is 2.37. The molecular formula is C12H15FN4. The molecule has 17 heavy (non-hydrogen) atoms. The predicted molar refractivity (Wildman–Crippen MR) is 63.4 cm³/mol. The van der Waals surface area contributed by atoms with Gasteiger partial charge in [-0.05, 0) is 37.8 Å². The molecule has 2 aromatic heterocycles. The number of hydrogen-bond acceptors (Lipinski definition) is 3. The van der Waals surface area contributed by atoms with E-state index in [1.807, 2.05) is 0 Å². The first-order valence-electron chi connectivity index (χ1n) is 6.01. The van der Waals surface area contributed by atoms with E-state index in [1.54, 1.807) is 6.07 Å². The molecule has 0 unspecified atom stereocenters. The van der Waals surface area contributed by atoms with Gasteiger partial charge in [-0.2, -0.15) is 4.98 Å². The molecule has 2 heterocycles. The van der Waals surface area contributed by atoms with Crippen molar-refractivity contribution in [2.24, 2.45) is 0 Å². The van der Waals surface area contributed by atoms with Crippen molar-refractivity contribution in [1.29, 1.82) is 0 Å². The number of anilines is 1. The van der Waals surface area contributed by atoms with Crippen molar-refractivity contribution in [3.8, 4) is 0 Å². The molecule has 1 saturated carbocycles. The first-order valence-corrected chi connectivity index (χ1v) is 6.01. The minimum absolute atomic E-state index is 0.156. The van der Waals surface area contributed by atoms with E-state index in [0.717, 1.165) is 19.3 Å². The summed E-state index contributed by atoms with van der Waals surface area (Å²) in [5, 5.41) is 7.63. The Labute approximate surface area is 98.9 Å². The fraction of sp³-hybridized carbons (Fsp3) is 0.500. The number of pyridine rings is 1. The van der Waals surface area contributed by atoms with Gasteiger partial charge in [0.1, 0.15) is 5.82 Å². The quantitative estimate of drug-likeness (QED) is 0.887. The van der Waals surface area contributed by atoms with Crippen LogP contribution < -0.4 is 5.32 Å². The Kier molecular flexibility index (Phi) is 2.28. The van der Waals surface area contributed by atoms with Crippen LogP contribution in [0.5, 0.6) is 0 Å². The number of nitrogens with one attached hydrogen (secondary N) is 1. The lowest BCUT2D eigenvalue weighted by Crippen LogP contribution is -2.44. The first kappa shape index (κ1) is 10.5. The molecule has 0 bridgehead atoms. The van der Waals surface area contributed by atoms with Gasteiger partial charge in [0.25, 0.3) is 0 Å². The molecule has 0 saturated heterocycles. The molecule has 1 aliphatic carbocycles. The van der Waals surface area contributed by atoms with Gasteiger partial charge < -0.3 is 5.32 Å². The Bertz CT molecular complexity index is 539.